The van der Waals surface area contributed by atoms with Crippen molar-refractivity contribution in [3.05, 3.63) is 39.4 Å². The average Bonchev–Trinajstić information content (AvgIpc) is 3.44. The molecule has 0 radical (unpaired) electrons. The Kier molecular flexibility index (Phi) is 4.37. The van der Waals surface area contributed by atoms with Crippen molar-refractivity contribution in [3.63, 3.8) is 0 Å². The monoisotopic (exact) mass is 395 g/mol. The van der Waals surface area contributed by atoms with E-state index in [4.69, 9.17) is 0 Å². The van der Waals surface area contributed by atoms with Crippen LogP contribution < -0.4 is 15.6 Å². The highest BCUT2D eigenvalue weighted by atomic mass is 19.2. The van der Waals surface area contributed by atoms with Crippen molar-refractivity contribution >= 4 is 22.6 Å². The van der Waals surface area contributed by atoms with E-state index in [0.717, 1.165) is 6.20 Å². The number of rotatable bonds is 3. The van der Waals surface area contributed by atoms with Crippen molar-refractivity contribution in [2.24, 2.45) is 0 Å². The fourth-order valence-electron chi connectivity index (χ4n) is 4.09. The van der Waals surface area contributed by atoms with Gasteiger partial charge in [0.25, 0.3) is 0 Å². The minimum atomic E-state index is -1.65. The number of pyridine rings is 1. The smallest absolute Gasteiger partial charge is 0.341 e. The van der Waals surface area contributed by atoms with Gasteiger partial charge in [-0.1, -0.05) is 0 Å². The summed E-state index contributed by atoms with van der Waals surface area (Å²) in [6.07, 6.45) is 2.33. The van der Waals surface area contributed by atoms with Crippen LogP contribution >= 0.6 is 0 Å². The molecule has 0 amide bonds. The van der Waals surface area contributed by atoms with Gasteiger partial charge in [-0.25, -0.2) is 18.0 Å². The van der Waals surface area contributed by atoms with Gasteiger partial charge in [0.15, 0.2) is 17.5 Å². The van der Waals surface area contributed by atoms with E-state index >= 15 is 0 Å². The van der Waals surface area contributed by atoms with Crippen LogP contribution in [-0.2, 0) is 0 Å². The standard InChI is InChI=1S/C19H20F3N3O3/c1-8-5-24(6-9(2)23-8)16-12-17(15(22)13(20)14(16)21)25(10-3-4-10)7-11(18(12)26)19(27)28/h7-10,23H,3-6H2,1-2H3,(H,27,28)/t8-,9+. The minimum absolute atomic E-state index is 0.0837. The molecule has 1 aliphatic heterocycles. The predicted octanol–water partition coefficient (Wildman–Crippen LogP) is 2.64. The maximum atomic E-state index is 14.9. The molecular weight excluding hydrogens is 375 g/mol. The molecule has 1 saturated heterocycles. The molecule has 2 heterocycles. The minimum Gasteiger partial charge on any atom is -0.477 e. The molecule has 4 rings (SSSR count). The van der Waals surface area contributed by atoms with E-state index in [-0.39, 0.29) is 42.4 Å². The van der Waals surface area contributed by atoms with Crippen molar-refractivity contribution in [3.8, 4) is 0 Å². The second-order valence-corrected chi connectivity index (χ2v) is 7.70. The van der Waals surface area contributed by atoms with Crippen LogP contribution in [-0.4, -0.2) is 40.8 Å². The second-order valence-electron chi connectivity index (χ2n) is 7.70. The zero-order chi connectivity index (χ0) is 20.3. The van der Waals surface area contributed by atoms with Gasteiger partial charge in [0.2, 0.25) is 5.43 Å². The lowest BCUT2D eigenvalue weighted by Crippen LogP contribution is -2.54. The molecule has 2 fully saturated rings. The lowest BCUT2D eigenvalue weighted by molar-refractivity contribution is 0.0695. The molecule has 6 nitrogen and oxygen atoms in total. The van der Waals surface area contributed by atoms with Gasteiger partial charge in [0.1, 0.15) is 5.56 Å². The van der Waals surface area contributed by atoms with Crippen molar-refractivity contribution in [2.45, 2.75) is 44.8 Å². The molecule has 2 aromatic rings. The van der Waals surface area contributed by atoms with Gasteiger partial charge >= 0.3 is 5.97 Å². The van der Waals surface area contributed by atoms with Crippen LogP contribution in [0.1, 0.15) is 43.1 Å². The first kappa shape index (κ1) is 18.8. The fourth-order valence-corrected chi connectivity index (χ4v) is 4.09. The lowest BCUT2D eigenvalue weighted by Gasteiger charge is -2.38. The Balaban J connectivity index is 2.12. The molecule has 28 heavy (non-hydrogen) atoms. The van der Waals surface area contributed by atoms with Crippen molar-refractivity contribution in [1.82, 2.24) is 9.88 Å². The Morgan fingerprint density at radius 2 is 1.71 bits per heavy atom. The summed E-state index contributed by atoms with van der Waals surface area (Å²) in [6.45, 7) is 4.24. The lowest BCUT2D eigenvalue weighted by atomic mass is 10.0. The first-order chi connectivity index (χ1) is 13.2. The number of piperazine rings is 1. The number of aromatic nitrogens is 1. The Bertz CT molecular complexity index is 1040. The number of benzene rings is 1. The van der Waals surface area contributed by atoms with Gasteiger partial charge < -0.3 is 19.9 Å². The zero-order valence-corrected chi connectivity index (χ0v) is 15.4. The summed E-state index contributed by atoms with van der Waals surface area (Å²) in [7, 11) is 0. The third kappa shape index (κ3) is 2.85. The molecule has 2 aliphatic rings. The Labute approximate surface area is 158 Å². The van der Waals surface area contributed by atoms with Crippen molar-refractivity contribution < 1.29 is 23.1 Å². The maximum absolute atomic E-state index is 14.9. The highest BCUT2D eigenvalue weighted by Crippen LogP contribution is 2.41. The van der Waals surface area contributed by atoms with Gasteiger partial charge in [-0.15, -0.1) is 0 Å². The summed E-state index contributed by atoms with van der Waals surface area (Å²) in [4.78, 5) is 26.0. The molecular formula is C19H20F3N3O3. The third-order valence-electron chi connectivity index (χ3n) is 5.32. The summed E-state index contributed by atoms with van der Waals surface area (Å²) in [5.74, 6) is -6.07. The Hall–Kier alpha value is -2.55. The highest BCUT2D eigenvalue weighted by Gasteiger charge is 2.35. The molecule has 9 heteroatoms. The van der Waals surface area contributed by atoms with Gasteiger partial charge in [-0.05, 0) is 26.7 Å². The van der Waals surface area contributed by atoms with E-state index in [1.165, 1.54) is 9.47 Å². The van der Waals surface area contributed by atoms with Crippen LogP contribution in [0.3, 0.4) is 0 Å². The Morgan fingerprint density at radius 1 is 1.11 bits per heavy atom. The number of carboxylic acids is 1. The van der Waals surface area contributed by atoms with E-state index in [0.29, 0.717) is 12.8 Å². The molecule has 0 unspecified atom stereocenters. The van der Waals surface area contributed by atoms with Crippen LogP contribution in [0.15, 0.2) is 11.0 Å². The van der Waals surface area contributed by atoms with Crippen LogP contribution in [0, 0.1) is 17.5 Å². The quantitative estimate of drug-likeness (QED) is 0.782. The van der Waals surface area contributed by atoms with Crippen LogP contribution in [0.25, 0.3) is 10.9 Å². The fraction of sp³-hybridized carbons (Fsp3) is 0.474. The van der Waals surface area contributed by atoms with Gasteiger partial charge in [0, 0.05) is 37.4 Å². The summed E-state index contributed by atoms with van der Waals surface area (Å²) >= 11 is 0. The molecule has 1 aliphatic carbocycles. The molecule has 1 aromatic heterocycles. The summed E-state index contributed by atoms with van der Waals surface area (Å²) in [6, 6.07) is -0.409. The van der Waals surface area contributed by atoms with Crippen molar-refractivity contribution in [2.75, 3.05) is 18.0 Å². The summed E-state index contributed by atoms with van der Waals surface area (Å²) in [5.41, 5.74) is -2.32. The number of carboxylic acid groups (broad SMARTS) is 1. The maximum Gasteiger partial charge on any atom is 0.341 e. The number of halogens is 3. The second kappa shape index (κ2) is 6.51. The van der Waals surface area contributed by atoms with Gasteiger partial charge in [-0.3, -0.25) is 4.79 Å². The number of anilines is 1. The van der Waals surface area contributed by atoms with Crippen LogP contribution in [0.5, 0.6) is 0 Å². The summed E-state index contributed by atoms with van der Waals surface area (Å²) < 4.78 is 45.5. The zero-order valence-electron chi connectivity index (χ0n) is 15.4. The third-order valence-corrected chi connectivity index (χ3v) is 5.32. The topological polar surface area (TPSA) is 74.6 Å². The largest absolute Gasteiger partial charge is 0.477 e. The normalized spacial score (nSPS) is 22.7. The predicted molar refractivity (Wildman–Crippen MR) is 97.6 cm³/mol. The molecule has 1 saturated carbocycles. The van der Waals surface area contributed by atoms with Crippen LogP contribution in [0.2, 0.25) is 0 Å². The number of nitrogens with zero attached hydrogens (tertiary/aromatic N) is 2. The number of hydrogen-bond donors (Lipinski definition) is 2. The van der Waals surface area contributed by atoms with Gasteiger partial charge in [0.05, 0.1) is 16.6 Å². The molecule has 2 atom stereocenters. The number of carbonyl (C=O) groups is 1. The average molecular weight is 395 g/mol. The molecule has 0 bridgehead atoms. The number of hydrogen-bond acceptors (Lipinski definition) is 4. The van der Waals surface area contributed by atoms with Gasteiger partial charge in [-0.2, -0.15) is 0 Å². The van der Waals surface area contributed by atoms with Crippen molar-refractivity contribution in [1.29, 1.82) is 0 Å². The SMILES string of the molecule is C[C@@H]1CN(c2c(F)c(F)c(F)c3c2c(=O)c(C(=O)O)cn3C2CC2)C[C@H](C)N1. The number of nitrogens with one attached hydrogen (secondary N) is 1. The van der Waals surface area contributed by atoms with E-state index in [2.05, 4.69) is 5.32 Å². The van der Waals surface area contributed by atoms with E-state index in [1.807, 2.05) is 13.8 Å². The first-order valence-corrected chi connectivity index (χ1v) is 9.20. The molecule has 2 N–H and O–H groups in total. The molecule has 0 spiro atoms. The first-order valence-electron chi connectivity index (χ1n) is 9.20. The van der Waals surface area contributed by atoms with E-state index in [1.54, 1.807) is 0 Å². The summed E-state index contributed by atoms with van der Waals surface area (Å²) in [5, 5.41) is 12.3. The van der Waals surface area contributed by atoms with Crippen LogP contribution in [0.4, 0.5) is 18.9 Å². The number of fused-ring (bicyclic) bond motifs is 1. The highest BCUT2D eigenvalue weighted by molar-refractivity contribution is 5.98. The Morgan fingerprint density at radius 3 is 2.25 bits per heavy atom. The van der Waals surface area contributed by atoms with E-state index in [9.17, 15) is 27.9 Å². The van der Waals surface area contributed by atoms with E-state index < -0.39 is 39.8 Å². The molecule has 1 aromatic carbocycles. The number of aromatic carboxylic acids is 1. The molecule has 150 valence electrons.